The highest BCUT2D eigenvalue weighted by atomic mass is 16.6. The second-order valence-electron chi connectivity index (χ2n) is 7.94. The summed E-state index contributed by atoms with van der Waals surface area (Å²) in [7, 11) is 0. The molecular weight excluding hydrogens is 236 g/mol. The Morgan fingerprint density at radius 2 is 1.68 bits per heavy atom. The topological polar surface area (TPSA) is 26.3 Å². The summed E-state index contributed by atoms with van der Waals surface area (Å²) >= 11 is 0. The average molecular weight is 258 g/mol. The highest BCUT2D eigenvalue weighted by Crippen LogP contribution is 2.74. The highest BCUT2D eigenvalue weighted by molar-refractivity contribution is 5.90. The van der Waals surface area contributed by atoms with Crippen molar-refractivity contribution < 1.29 is 9.53 Å². The van der Waals surface area contributed by atoms with Gasteiger partial charge in [0, 0.05) is 17.4 Å². The van der Waals surface area contributed by atoms with Crippen LogP contribution in [0.15, 0.2) is 12.2 Å². The maximum Gasteiger partial charge on any atom is 0.334 e. The monoisotopic (exact) mass is 258 g/mol. The summed E-state index contributed by atoms with van der Waals surface area (Å²) in [6.07, 6.45) is 11.1. The van der Waals surface area contributed by atoms with Crippen LogP contribution in [-0.2, 0) is 9.53 Å². The Morgan fingerprint density at radius 3 is 2.37 bits per heavy atom. The highest BCUT2D eigenvalue weighted by Gasteiger charge is 2.69. The minimum atomic E-state index is -0.0943. The van der Waals surface area contributed by atoms with Gasteiger partial charge in [-0.05, 0) is 68.1 Å². The normalized spacial score (nSPS) is 47.8. The van der Waals surface area contributed by atoms with Crippen LogP contribution in [-0.4, -0.2) is 12.1 Å². The molecule has 5 rings (SSSR count). The second kappa shape index (κ2) is 3.10. The van der Waals surface area contributed by atoms with Crippen molar-refractivity contribution in [3.8, 4) is 0 Å². The van der Waals surface area contributed by atoms with E-state index in [9.17, 15) is 4.79 Å². The minimum absolute atomic E-state index is 0.0943. The molecule has 0 radical (unpaired) electrons. The van der Waals surface area contributed by atoms with Gasteiger partial charge in [0.15, 0.2) is 0 Å². The van der Waals surface area contributed by atoms with E-state index in [-0.39, 0.29) is 12.1 Å². The molecular formula is C17H22O2. The maximum absolute atomic E-state index is 11.9. The lowest BCUT2D eigenvalue weighted by atomic mass is 9.74. The molecule has 102 valence electrons. The van der Waals surface area contributed by atoms with Crippen molar-refractivity contribution in [3.63, 3.8) is 0 Å². The predicted octanol–water partition coefficient (Wildman–Crippen LogP) is 3.46. The minimum Gasteiger partial charge on any atom is -0.458 e. The number of hydrogen-bond donors (Lipinski definition) is 0. The van der Waals surface area contributed by atoms with E-state index in [0.717, 1.165) is 17.9 Å². The standard InChI is InChI=1S/C17H22O2/c1-10-11-2-4-16(6-7-16)12-3-5-17(8-9-17)13(12)14(11)19-15(10)18/h11-14H,1-9H2. The fraction of sp³-hybridized carbons (Fsp3) is 0.824. The molecule has 1 heterocycles. The van der Waals surface area contributed by atoms with E-state index in [1.54, 1.807) is 0 Å². The lowest BCUT2D eigenvalue weighted by molar-refractivity contribution is -0.143. The summed E-state index contributed by atoms with van der Waals surface area (Å²) in [5.74, 6) is 1.77. The Balaban J connectivity index is 1.60. The zero-order valence-electron chi connectivity index (χ0n) is 11.5. The molecule has 4 saturated carbocycles. The van der Waals surface area contributed by atoms with Crippen LogP contribution in [0, 0.1) is 28.6 Å². The number of esters is 1. The molecule has 2 heteroatoms. The molecule has 19 heavy (non-hydrogen) atoms. The molecule has 5 aliphatic rings. The van der Waals surface area contributed by atoms with E-state index in [2.05, 4.69) is 6.58 Å². The number of carbonyl (C=O) groups excluding carboxylic acids is 1. The summed E-state index contributed by atoms with van der Waals surface area (Å²) in [6, 6.07) is 0. The predicted molar refractivity (Wildman–Crippen MR) is 71.3 cm³/mol. The Labute approximate surface area is 114 Å². The largest absolute Gasteiger partial charge is 0.458 e. The number of rotatable bonds is 0. The average Bonchev–Trinajstić information content (AvgIpc) is 3.26. The quantitative estimate of drug-likeness (QED) is 0.491. The first-order chi connectivity index (χ1) is 9.15. The third-order valence-corrected chi connectivity index (χ3v) is 7.32. The molecule has 0 N–H and O–H groups in total. The lowest BCUT2D eigenvalue weighted by Crippen LogP contribution is -2.34. The van der Waals surface area contributed by atoms with Gasteiger partial charge in [0.1, 0.15) is 6.10 Å². The van der Waals surface area contributed by atoms with Crippen molar-refractivity contribution in [2.24, 2.45) is 28.6 Å². The van der Waals surface area contributed by atoms with Crippen molar-refractivity contribution >= 4 is 5.97 Å². The molecule has 1 saturated heterocycles. The first-order valence-electron chi connectivity index (χ1n) is 8.05. The molecule has 4 atom stereocenters. The van der Waals surface area contributed by atoms with Gasteiger partial charge in [-0.1, -0.05) is 6.58 Å². The van der Waals surface area contributed by atoms with Gasteiger partial charge < -0.3 is 4.74 Å². The van der Waals surface area contributed by atoms with Crippen molar-refractivity contribution in [2.45, 2.75) is 57.5 Å². The van der Waals surface area contributed by atoms with Crippen molar-refractivity contribution in [1.82, 2.24) is 0 Å². The van der Waals surface area contributed by atoms with Crippen LogP contribution in [0.4, 0.5) is 0 Å². The fourth-order valence-electron chi connectivity index (χ4n) is 5.93. The Bertz CT molecular complexity index is 483. The summed E-state index contributed by atoms with van der Waals surface area (Å²) in [4.78, 5) is 11.9. The van der Waals surface area contributed by atoms with Gasteiger partial charge in [0.05, 0.1) is 0 Å². The van der Waals surface area contributed by atoms with Gasteiger partial charge >= 0.3 is 5.97 Å². The van der Waals surface area contributed by atoms with E-state index in [1.165, 1.54) is 44.9 Å². The number of ether oxygens (including phenoxy) is 1. The summed E-state index contributed by atoms with van der Waals surface area (Å²) in [5, 5.41) is 0. The van der Waals surface area contributed by atoms with Gasteiger partial charge in [0.2, 0.25) is 0 Å². The molecule has 0 aromatic heterocycles. The third-order valence-electron chi connectivity index (χ3n) is 7.32. The first-order valence-corrected chi connectivity index (χ1v) is 8.05. The first kappa shape index (κ1) is 10.9. The van der Waals surface area contributed by atoms with Crippen molar-refractivity contribution in [2.75, 3.05) is 0 Å². The van der Waals surface area contributed by atoms with E-state index in [4.69, 9.17) is 4.74 Å². The van der Waals surface area contributed by atoms with Crippen LogP contribution in [0.3, 0.4) is 0 Å². The molecule has 0 aromatic carbocycles. The molecule has 5 fully saturated rings. The number of hydrogen-bond acceptors (Lipinski definition) is 2. The number of fused-ring (bicyclic) bond motifs is 5. The van der Waals surface area contributed by atoms with Crippen LogP contribution in [0.25, 0.3) is 0 Å². The summed E-state index contributed by atoms with van der Waals surface area (Å²) < 4.78 is 5.83. The van der Waals surface area contributed by atoms with Crippen molar-refractivity contribution in [1.29, 1.82) is 0 Å². The summed E-state index contributed by atoms with van der Waals surface area (Å²) in [5.41, 5.74) is 2.00. The van der Waals surface area contributed by atoms with Crippen molar-refractivity contribution in [3.05, 3.63) is 12.2 Å². The van der Waals surface area contributed by atoms with Crippen LogP contribution < -0.4 is 0 Å². The van der Waals surface area contributed by atoms with Crippen LogP contribution >= 0.6 is 0 Å². The molecule has 0 bridgehead atoms. The molecule has 4 aliphatic carbocycles. The molecule has 1 aliphatic heterocycles. The van der Waals surface area contributed by atoms with Gasteiger partial charge in [-0.2, -0.15) is 0 Å². The SMILES string of the molecule is C=C1C(=O)OC2C1CCC1(CC1)C1CCC3(CC3)C21. The number of carbonyl (C=O) groups is 1. The van der Waals surface area contributed by atoms with Gasteiger partial charge in [-0.3, -0.25) is 0 Å². The van der Waals surface area contributed by atoms with Crippen LogP contribution in [0.5, 0.6) is 0 Å². The zero-order chi connectivity index (χ0) is 12.8. The molecule has 0 aromatic rings. The molecule has 0 amide bonds. The molecule has 2 nitrogen and oxygen atoms in total. The fourth-order valence-corrected chi connectivity index (χ4v) is 5.93. The van der Waals surface area contributed by atoms with Gasteiger partial charge in [-0.25, -0.2) is 4.79 Å². The Hall–Kier alpha value is -0.790. The Morgan fingerprint density at radius 1 is 1.00 bits per heavy atom. The smallest absolute Gasteiger partial charge is 0.334 e. The van der Waals surface area contributed by atoms with Gasteiger partial charge in [0.25, 0.3) is 0 Å². The van der Waals surface area contributed by atoms with Crippen LogP contribution in [0.2, 0.25) is 0 Å². The zero-order valence-corrected chi connectivity index (χ0v) is 11.5. The molecule has 4 unspecified atom stereocenters. The molecule has 2 spiro atoms. The lowest BCUT2D eigenvalue weighted by Gasteiger charge is -2.32. The van der Waals surface area contributed by atoms with E-state index in [1.807, 2.05) is 0 Å². The third kappa shape index (κ3) is 1.22. The van der Waals surface area contributed by atoms with Crippen LogP contribution in [0.1, 0.15) is 51.4 Å². The van der Waals surface area contributed by atoms with E-state index >= 15 is 0 Å². The van der Waals surface area contributed by atoms with E-state index < -0.39 is 0 Å². The van der Waals surface area contributed by atoms with Gasteiger partial charge in [-0.15, -0.1) is 0 Å². The Kier molecular flexibility index (Phi) is 1.78. The van der Waals surface area contributed by atoms with E-state index in [0.29, 0.717) is 22.7 Å². The second-order valence-corrected chi connectivity index (χ2v) is 7.94. The maximum atomic E-state index is 11.9. The summed E-state index contributed by atoms with van der Waals surface area (Å²) in [6.45, 7) is 4.04.